The van der Waals surface area contributed by atoms with Gasteiger partial charge in [-0.15, -0.1) is 0 Å². The van der Waals surface area contributed by atoms with Gasteiger partial charge >= 0.3 is 0 Å². The first kappa shape index (κ1) is 13.3. The predicted octanol–water partition coefficient (Wildman–Crippen LogP) is 2.75. The van der Waals surface area contributed by atoms with Crippen LogP contribution in [-0.4, -0.2) is 12.5 Å². The maximum absolute atomic E-state index is 12.3. The number of carbonyl (C=O) groups is 1. The molecule has 2 aromatic carbocycles. The Morgan fingerprint density at radius 3 is 2.68 bits per heavy atom. The van der Waals surface area contributed by atoms with Gasteiger partial charge < -0.3 is 11.1 Å². The lowest BCUT2D eigenvalue weighted by atomic mass is 10.0. The van der Waals surface area contributed by atoms with Gasteiger partial charge in [-0.3, -0.25) is 4.79 Å². The molecule has 3 nitrogen and oxygen atoms in total. The standard InChI is InChI=1S/C16H18N2O/c1-12-5-4-7-14(11-12)18-16(19)15-8-3-2-6-13(15)9-10-17/h2-8,11H,9-10,17H2,1H3,(H,18,19). The van der Waals surface area contributed by atoms with Crippen molar-refractivity contribution in [3.05, 3.63) is 65.2 Å². The fraction of sp³-hybridized carbons (Fsp3) is 0.188. The minimum atomic E-state index is -0.0883. The Hall–Kier alpha value is -2.13. The van der Waals surface area contributed by atoms with E-state index in [1.54, 1.807) is 0 Å². The van der Waals surface area contributed by atoms with Crippen LogP contribution in [0.1, 0.15) is 21.5 Å². The smallest absolute Gasteiger partial charge is 0.255 e. The van der Waals surface area contributed by atoms with E-state index in [1.165, 1.54) is 0 Å². The van der Waals surface area contributed by atoms with E-state index >= 15 is 0 Å². The van der Waals surface area contributed by atoms with E-state index in [0.29, 0.717) is 18.5 Å². The molecule has 0 saturated heterocycles. The highest BCUT2D eigenvalue weighted by Crippen LogP contribution is 2.14. The molecule has 0 unspecified atom stereocenters. The Kier molecular flexibility index (Phi) is 4.31. The zero-order valence-corrected chi connectivity index (χ0v) is 11.0. The molecule has 0 saturated carbocycles. The summed E-state index contributed by atoms with van der Waals surface area (Å²) in [4.78, 5) is 12.3. The molecule has 0 radical (unpaired) electrons. The summed E-state index contributed by atoms with van der Waals surface area (Å²) in [5.74, 6) is -0.0883. The Bertz CT molecular complexity index is 578. The zero-order chi connectivity index (χ0) is 13.7. The maximum atomic E-state index is 12.3. The Balaban J connectivity index is 2.20. The Morgan fingerprint density at radius 2 is 1.95 bits per heavy atom. The molecule has 3 heteroatoms. The number of rotatable bonds is 4. The first-order valence-corrected chi connectivity index (χ1v) is 6.36. The number of aryl methyl sites for hydroxylation is 1. The van der Waals surface area contributed by atoms with Crippen molar-refractivity contribution in [3.8, 4) is 0 Å². The normalized spacial score (nSPS) is 10.2. The van der Waals surface area contributed by atoms with Gasteiger partial charge in [0.05, 0.1) is 0 Å². The van der Waals surface area contributed by atoms with Crippen molar-refractivity contribution in [1.29, 1.82) is 0 Å². The molecule has 0 bridgehead atoms. The summed E-state index contributed by atoms with van der Waals surface area (Å²) in [6, 6.07) is 15.3. The van der Waals surface area contributed by atoms with Crippen LogP contribution in [0.4, 0.5) is 5.69 Å². The summed E-state index contributed by atoms with van der Waals surface area (Å²) in [6.07, 6.45) is 0.706. The molecule has 0 fully saturated rings. The molecule has 0 spiro atoms. The molecule has 2 rings (SSSR count). The van der Waals surface area contributed by atoms with Gasteiger partial charge in [-0.25, -0.2) is 0 Å². The molecule has 1 amide bonds. The van der Waals surface area contributed by atoms with Crippen LogP contribution in [0.5, 0.6) is 0 Å². The van der Waals surface area contributed by atoms with E-state index < -0.39 is 0 Å². The average molecular weight is 254 g/mol. The quantitative estimate of drug-likeness (QED) is 0.881. The van der Waals surface area contributed by atoms with Crippen molar-refractivity contribution in [3.63, 3.8) is 0 Å². The number of hydrogen-bond donors (Lipinski definition) is 2. The van der Waals surface area contributed by atoms with Crippen molar-refractivity contribution in [1.82, 2.24) is 0 Å². The second kappa shape index (κ2) is 6.16. The van der Waals surface area contributed by atoms with Crippen LogP contribution in [0.25, 0.3) is 0 Å². The monoisotopic (exact) mass is 254 g/mol. The van der Waals surface area contributed by atoms with Gasteiger partial charge in [0.1, 0.15) is 0 Å². The third-order valence-electron chi connectivity index (χ3n) is 2.95. The minimum absolute atomic E-state index is 0.0883. The molecule has 0 aromatic heterocycles. The average Bonchev–Trinajstić information content (AvgIpc) is 2.39. The summed E-state index contributed by atoms with van der Waals surface area (Å²) < 4.78 is 0. The molecule has 0 aliphatic rings. The van der Waals surface area contributed by atoms with Crippen LogP contribution in [0.2, 0.25) is 0 Å². The van der Waals surface area contributed by atoms with Crippen LogP contribution < -0.4 is 11.1 Å². The lowest BCUT2D eigenvalue weighted by Gasteiger charge is -2.10. The van der Waals surface area contributed by atoms with Crippen LogP contribution in [0.3, 0.4) is 0 Å². The van der Waals surface area contributed by atoms with Crippen molar-refractivity contribution in [2.24, 2.45) is 5.73 Å². The van der Waals surface area contributed by atoms with Crippen LogP contribution >= 0.6 is 0 Å². The molecular formula is C16H18N2O. The molecular weight excluding hydrogens is 236 g/mol. The highest BCUT2D eigenvalue weighted by atomic mass is 16.1. The van der Waals surface area contributed by atoms with E-state index in [-0.39, 0.29) is 5.91 Å². The van der Waals surface area contributed by atoms with E-state index in [2.05, 4.69) is 5.32 Å². The van der Waals surface area contributed by atoms with Crippen molar-refractivity contribution < 1.29 is 4.79 Å². The highest BCUT2D eigenvalue weighted by Gasteiger charge is 2.10. The molecule has 0 aliphatic carbocycles. The Labute approximate surface area is 113 Å². The van der Waals surface area contributed by atoms with Crippen molar-refractivity contribution in [2.45, 2.75) is 13.3 Å². The second-order valence-corrected chi connectivity index (χ2v) is 4.52. The summed E-state index contributed by atoms with van der Waals surface area (Å²) in [5, 5.41) is 2.92. The van der Waals surface area contributed by atoms with Gasteiger partial charge in [0.25, 0.3) is 5.91 Å². The van der Waals surface area contributed by atoms with E-state index in [9.17, 15) is 4.79 Å². The largest absolute Gasteiger partial charge is 0.330 e. The van der Waals surface area contributed by atoms with E-state index in [0.717, 1.165) is 16.8 Å². The minimum Gasteiger partial charge on any atom is -0.330 e. The second-order valence-electron chi connectivity index (χ2n) is 4.52. The van der Waals surface area contributed by atoms with E-state index in [1.807, 2.05) is 55.5 Å². The number of anilines is 1. The number of hydrogen-bond acceptors (Lipinski definition) is 2. The maximum Gasteiger partial charge on any atom is 0.255 e. The van der Waals surface area contributed by atoms with Crippen LogP contribution in [0.15, 0.2) is 48.5 Å². The fourth-order valence-electron chi connectivity index (χ4n) is 2.04. The summed E-state index contributed by atoms with van der Waals surface area (Å²) in [6.45, 7) is 2.53. The summed E-state index contributed by atoms with van der Waals surface area (Å²) in [5.41, 5.74) is 9.17. The Morgan fingerprint density at radius 1 is 1.16 bits per heavy atom. The predicted molar refractivity (Wildman–Crippen MR) is 78.3 cm³/mol. The molecule has 0 aliphatic heterocycles. The number of benzene rings is 2. The van der Waals surface area contributed by atoms with Gasteiger partial charge in [0, 0.05) is 11.3 Å². The number of nitrogens with two attached hydrogens (primary N) is 1. The van der Waals surface area contributed by atoms with Crippen molar-refractivity contribution >= 4 is 11.6 Å². The SMILES string of the molecule is Cc1cccc(NC(=O)c2ccccc2CCN)c1. The van der Waals surface area contributed by atoms with Crippen LogP contribution in [-0.2, 0) is 6.42 Å². The third-order valence-corrected chi connectivity index (χ3v) is 2.95. The molecule has 19 heavy (non-hydrogen) atoms. The number of carbonyl (C=O) groups excluding carboxylic acids is 1. The summed E-state index contributed by atoms with van der Waals surface area (Å²) >= 11 is 0. The molecule has 0 atom stereocenters. The van der Waals surface area contributed by atoms with Gasteiger partial charge in [-0.2, -0.15) is 0 Å². The molecule has 0 heterocycles. The van der Waals surface area contributed by atoms with Gasteiger partial charge in [-0.1, -0.05) is 30.3 Å². The van der Waals surface area contributed by atoms with Gasteiger partial charge in [0.2, 0.25) is 0 Å². The number of amides is 1. The van der Waals surface area contributed by atoms with Crippen LogP contribution in [0, 0.1) is 6.92 Å². The lowest BCUT2D eigenvalue weighted by molar-refractivity contribution is 0.102. The fourth-order valence-corrected chi connectivity index (χ4v) is 2.04. The number of nitrogens with one attached hydrogen (secondary N) is 1. The highest BCUT2D eigenvalue weighted by molar-refractivity contribution is 6.05. The molecule has 2 aromatic rings. The lowest BCUT2D eigenvalue weighted by Crippen LogP contribution is -2.15. The topological polar surface area (TPSA) is 55.1 Å². The first-order chi connectivity index (χ1) is 9.20. The van der Waals surface area contributed by atoms with Crippen molar-refractivity contribution in [2.75, 3.05) is 11.9 Å². The third kappa shape index (κ3) is 3.42. The first-order valence-electron chi connectivity index (χ1n) is 6.36. The zero-order valence-electron chi connectivity index (χ0n) is 11.0. The van der Waals surface area contributed by atoms with Gasteiger partial charge in [-0.05, 0) is 49.2 Å². The van der Waals surface area contributed by atoms with E-state index in [4.69, 9.17) is 5.73 Å². The summed E-state index contributed by atoms with van der Waals surface area (Å²) in [7, 11) is 0. The molecule has 3 N–H and O–H groups in total. The molecule has 98 valence electrons. The van der Waals surface area contributed by atoms with Gasteiger partial charge in [0.15, 0.2) is 0 Å².